The standard InChI is InChI=1S/C12H17NO5/c1-16-9-7-11(18-3)10(17-2)6-8(9)12(15)13-4-5-14/h6-7,14H,4-5H2,1-3H3,(H,13,15). The summed E-state index contributed by atoms with van der Waals surface area (Å²) in [5, 5.41) is 11.2. The lowest BCUT2D eigenvalue weighted by Gasteiger charge is -2.13. The van der Waals surface area contributed by atoms with E-state index in [0.717, 1.165) is 0 Å². The number of amides is 1. The topological polar surface area (TPSA) is 77.0 Å². The number of aliphatic hydroxyl groups is 1. The van der Waals surface area contributed by atoms with Crippen LogP contribution in [-0.4, -0.2) is 45.5 Å². The maximum Gasteiger partial charge on any atom is 0.255 e. The Bertz CT molecular complexity index is 419. The third kappa shape index (κ3) is 3.04. The second-order valence-electron chi connectivity index (χ2n) is 3.39. The smallest absolute Gasteiger partial charge is 0.255 e. The second-order valence-corrected chi connectivity index (χ2v) is 3.39. The predicted molar refractivity (Wildman–Crippen MR) is 65.5 cm³/mol. The van der Waals surface area contributed by atoms with Crippen molar-refractivity contribution in [1.82, 2.24) is 5.32 Å². The Labute approximate surface area is 105 Å². The zero-order chi connectivity index (χ0) is 13.5. The molecule has 0 radical (unpaired) electrons. The molecule has 1 aromatic carbocycles. The fourth-order valence-corrected chi connectivity index (χ4v) is 1.47. The van der Waals surface area contributed by atoms with Crippen molar-refractivity contribution in [2.45, 2.75) is 0 Å². The highest BCUT2D eigenvalue weighted by Gasteiger charge is 2.17. The Morgan fingerprint density at radius 1 is 1.11 bits per heavy atom. The van der Waals surface area contributed by atoms with Crippen LogP contribution in [0.3, 0.4) is 0 Å². The molecular formula is C12H17NO5. The van der Waals surface area contributed by atoms with Crippen molar-refractivity contribution >= 4 is 5.91 Å². The number of benzene rings is 1. The number of carbonyl (C=O) groups excluding carboxylic acids is 1. The van der Waals surface area contributed by atoms with Gasteiger partial charge in [0, 0.05) is 18.7 Å². The molecule has 1 amide bonds. The van der Waals surface area contributed by atoms with Crippen LogP contribution in [0.5, 0.6) is 17.2 Å². The van der Waals surface area contributed by atoms with Crippen LogP contribution >= 0.6 is 0 Å². The summed E-state index contributed by atoms with van der Waals surface area (Å²) in [6.45, 7) is 0.0533. The van der Waals surface area contributed by atoms with Gasteiger partial charge in [-0.1, -0.05) is 0 Å². The fraction of sp³-hybridized carbons (Fsp3) is 0.417. The van der Waals surface area contributed by atoms with E-state index < -0.39 is 0 Å². The van der Waals surface area contributed by atoms with Gasteiger partial charge in [0.15, 0.2) is 11.5 Å². The predicted octanol–water partition coefficient (Wildman–Crippen LogP) is 0.434. The van der Waals surface area contributed by atoms with Gasteiger partial charge in [-0.05, 0) is 0 Å². The van der Waals surface area contributed by atoms with Crippen LogP contribution in [0.25, 0.3) is 0 Å². The number of nitrogens with one attached hydrogen (secondary N) is 1. The fourth-order valence-electron chi connectivity index (χ4n) is 1.47. The first-order chi connectivity index (χ1) is 8.67. The Balaban J connectivity index is 3.12. The highest BCUT2D eigenvalue weighted by atomic mass is 16.5. The van der Waals surface area contributed by atoms with Crippen LogP contribution in [0.2, 0.25) is 0 Å². The van der Waals surface area contributed by atoms with Crippen molar-refractivity contribution in [1.29, 1.82) is 0 Å². The SMILES string of the molecule is COc1cc(OC)c(C(=O)NCCO)cc1OC. The van der Waals surface area contributed by atoms with Crippen LogP contribution < -0.4 is 19.5 Å². The zero-order valence-electron chi connectivity index (χ0n) is 10.6. The van der Waals surface area contributed by atoms with Gasteiger partial charge in [0.2, 0.25) is 0 Å². The van der Waals surface area contributed by atoms with Crippen LogP contribution in [0, 0.1) is 0 Å². The van der Waals surface area contributed by atoms with Crippen molar-refractivity contribution < 1.29 is 24.1 Å². The summed E-state index contributed by atoms with van der Waals surface area (Å²) >= 11 is 0. The minimum absolute atomic E-state index is 0.124. The average Bonchev–Trinajstić information content (AvgIpc) is 2.42. The van der Waals surface area contributed by atoms with Gasteiger partial charge in [-0.25, -0.2) is 0 Å². The van der Waals surface area contributed by atoms with E-state index in [0.29, 0.717) is 22.8 Å². The van der Waals surface area contributed by atoms with Crippen LogP contribution in [0.1, 0.15) is 10.4 Å². The highest BCUT2D eigenvalue weighted by molar-refractivity contribution is 5.97. The van der Waals surface area contributed by atoms with Gasteiger partial charge < -0.3 is 24.6 Å². The lowest BCUT2D eigenvalue weighted by molar-refractivity contribution is 0.0941. The number of carbonyl (C=O) groups is 1. The summed E-state index contributed by atoms with van der Waals surface area (Å²) in [7, 11) is 4.45. The molecule has 0 bridgehead atoms. The van der Waals surface area contributed by atoms with Crippen molar-refractivity contribution in [3.05, 3.63) is 17.7 Å². The molecule has 0 spiro atoms. The minimum atomic E-state index is -0.346. The molecule has 18 heavy (non-hydrogen) atoms. The molecule has 0 heterocycles. The Morgan fingerprint density at radius 3 is 2.17 bits per heavy atom. The number of methoxy groups -OCH3 is 3. The Morgan fingerprint density at radius 2 is 1.67 bits per heavy atom. The molecule has 1 aromatic rings. The normalized spacial score (nSPS) is 9.78. The molecule has 0 saturated carbocycles. The van der Waals surface area contributed by atoms with Gasteiger partial charge in [0.25, 0.3) is 5.91 Å². The van der Waals surface area contributed by atoms with Crippen LogP contribution in [-0.2, 0) is 0 Å². The monoisotopic (exact) mass is 255 g/mol. The van der Waals surface area contributed by atoms with E-state index in [1.54, 1.807) is 6.07 Å². The molecule has 6 nitrogen and oxygen atoms in total. The summed E-state index contributed by atoms with van der Waals surface area (Å²) < 4.78 is 15.4. The van der Waals surface area contributed by atoms with E-state index in [9.17, 15) is 4.79 Å². The lowest BCUT2D eigenvalue weighted by Crippen LogP contribution is -2.26. The first-order valence-corrected chi connectivity index (χ1v) is 5.37. The molecule has 100 valence electrons. The molecular weight excluding hydrogens is 238 g/mol. The molecule has 2 N–H and O–H groups in total. The van der Waals surface area contributed by atoms with Gasteiger partial charge in [0.05, 0.1) is 33.5 Å². The second kappa shape index (κ2) is 6.70. The third-order valence-corrected chi connectivity index (χ3v) is 2.35. The molecule has 0 saturated heterocycles. The van der Waals surface area contributed by atoms with Crippen LogP contribution in [0.4, 0.5) is 0 Å². The summed E-state index contributed by atoms with van der Waals surface area (Å²) in [6, 6.07) is 3.11. The first-order valence-electron chi connectivity index (χ1n) is 5.37. The molecule has 0 aliphatic rings. The number of hydrogen-bond acceptors (Lipinski definition) is 5. The Kier molecular flexibility index (Phi) is 5.26. The van der Waals surface area contributed by atoms with E-state index in [1.807, 2.05) is 0 Å². The molecule has 1 rings (SSSR count). The summed E-state index contributed by atoms with van der Waals surface area (Å²) in [5.41, 5.74) is 0.323. The summed E-state index contributed by atoms with van der Waals surface area (Å²) in [4.78, 5) is 11.9. The zero-order valence-corrected chi connectivity index (χ0v) is 10.6. The number of hydrogen-bond donors (Lipinski definition) is 2. The molecule has 0 fully saturated rings. The maximum atomic E-state index is 11.9. The quantitative estimate of drug-likeness (QED) is 0.771. The molecule has 0 atom stereocenters. The third-order valence-electron chi connectivity index (χ3n) is 2.35. The van der Waals surface area contributed by atoms with Crippen LogP contribution in [0.15, 0.2) is 12.1 Å². The first kappa shape index (κ1) is 14.1. The van der Waals surface area contributed by atoms with E-state index in [-0.39, 0.29) is 19.1 Å². The minimum Gasteiger partial charge on any atom is -0.496 e. The van der Waals surface area contributed by atoms with Crippen molar-refractivity contribution in [2.75, 3.05) is 34.5 Å². The van der Waals surface area contributed by atoms with Crippen molar-refractivity contribution in [3.8, 4) is 17.2 Å². The number of aliphatic hydroxyl groups excluding tert-OH is 1. The highest BCUT2D eigenvalue weighted by Crippen LogP contribution is 2.34. The van der Waals surface area contributed by atoms with Crippen molar-refractivity contribution in [3.63, 3.8) is 0 Å². The Hall–Kier alpha value is -1.95. The summed E-state index contributed by atoms with van der Waals surface area (Å²) in [5.74, 6) is 0.949. The van der Waals surface area contributed by atoms with Gasteiger partial charge in [-0.2, -0.15) is 0 Å². The number of ether oxygens (including phenoxy) is 3. The van der Waals surface area contributed by atoms with Crippen molar-refractivity contribution in [2.24, 2.45) is 0 Å². The molecule has 6 heteroatoms. The summed E-state index contributed by atoms with van der Waals surface area (Å²) in [6.07, 6.45) is 0. The maximum absolute atomic E-state index is 11.9. The van der Waals surface area contributed by atoms with E-state index in [1.165, 1.54) is 27.4 Å². The largest absolute Gasteiger partial charge is 0.496 e. The van der Waals surface area contributed by atoms with Gasteiger partial charge in [-0.15, -0.1) is 0 Å². The van der Waals surface area contributed by atoms with E-state index in [2.05, 4.69) is 5.32 Å². The van der Waals surface area contributed by atoms with Gasteiger partial charge in [0.1, 0.15) is 5.75 Å². The number of rotatable bonds is 6. The van der Waals surface area contributed by atoms with Gasteiger partial charge >= 0.3 is 0 Å². The lowest BCUT2D eigenvalue weighted by atomic mass is 10.1. The van der Waals surface area contributed by atoms with E-state index in [4.69, 9.17) is 19.3 Å². The molecule has 0 aromatic heterocycles. The van der Waals surface area contributed by atoms with E-state index >= 15 is 0 Å². The molecule has 0 aliphatic heterocycles. The molecule has 0 aliphatic carbocycles. The average molecular weight is 255 g/mol. The molecule has 0 unspecified atom stereocenters. The van der Waals surface area contributed by atoms with Gasteiger partial charge in [-0.3, -0.25) is 4.79 Å².